The first-order valence-corrected chi connectivity index (χ1v) is 15.2. The van der Waals surface area contributed by atoms with Crippen LogP contribution in [0, 0.1) is 6.92 Å². The molecular formula is C36H33F3N2O6. The fraction of sp³-hybridized carbons (Fsp3) is 0.306. The summed E-state index contributed by atoms with van der Waals surface area (Å²) in [6.45, 7) is 8.09. The number of carboxylic acids is 1. The number of rotatable bonds is 10. The van der Waals surface area contributed by atoms with Gasteiger partial charge in [-0.25, -0.2) is 4.98 Å². The van der Waals surface area contributed by atoms with Crippen molar-refractivity contribution in [2.75, 3.05) is 6.61 Å². The van der Waals surface area contributed by atoms with E-state index in [1.54, 1.807) is 30.5 Å². The molecule has 0 radical (unpaired) electrons. The summed E-state index contributed by atoms with van der Waals surface area (Å²) in [7, 11) is 0. The lowest BCUT2D eigenvalue weighted by Gasteiger charge is -2.29. The van der Waals surface area contributed by atoms with Crippen LogP contribution >= 0.6 is 0 Å². The first kappa shape index (κ1) is 31.9. The molecule has 6 rings (SSSR count). The average molecular weight is 647 g/mol. The molecule has 47 heavy (non-hydrogen) atoms. The van der Waals surface area contributed by atoms with Gasteiger partial charge in [-0.3, -0.25) is 9.78 Å². The second-order valence-corrected chi connectivity index (χ2v) is 12.0. The Morgan fingerprint density at radius 3 is 2.55 bits per heavy atom. The van der Waals surface area contributed by atoms with E-state index in [1.165, 1.54) is 18.2 Å². The van der Waals surface area contributed by atoms with Gasteiger partial charge in [-0.15, -0.1) is 13.2 Å². The number of ether oxygens (including phenoxy) is 4. The molecule has 2 aromatic heterocycles. The van der Waals surface area contributed by atoms with Gasteiger partial charge in [0.2, 0.25) is 5.88 Å². The van der Waals surface area contributed by atoms with Gasteiger partial charge in [0.1, 0.15) is 29.5 Å². The van der Waals surface area contributed by atoms with E-state index in [1.807, 2.05) is 39.8 Å². The Bertz CT molecular complexity index is 2010. The van der Waals surface area contributed by atoms with Crippen LogP contribution in [0.1, 0.15) is 49.4 Å². The zero-order chi connectivity index (χ0) is 33.5. The Hall–Kier alpha value is -5.06. The van der Waals surface area contributed by atoms with Crippen molar-refractivity contribution in [3.8, 4) is 34.3 Å². The number of aromatic nitrogens is 2. The van der Waals surface area contributed by atoms with Gasteiger partial charge >= 0.3 is 12.3 Å². The summed E-state index contributed by atoms with van der Waals surface area (Å²) in [5.41, 5.74) is 4.34. The molecule has 8 nitrogen and oxygen atoms in total. The summed E-state index contributed by atoms with van der Waals surface area (Å²) < 4.78 is 61.6. The molecule has 3 heterocycles. The van der Waals surface area contributed by atoms with E-state index in [0.29, 0.717) is 69.6 Å². The van der Waals surface area contributed by atoms with Crippen LogP contribution in [0.25, 0.3) is 32.9 Å². The van der Waals surface area contributed by atoms with Gasteiger partial charge in [0.05, 0.1) is 29.6 Å². The van der Waals surface area contributed by atoms with Crippen LogP contribution in [0.15, 0.2) is 60.8 Å². The van der Waals surface area contributed by atoms with Gasteiger partial charge in [0.15, 0.2) is 0 Å². The Labute approximate surface area is 269 Å². The van der Waals surface area contributed by atoms with E-state index < -0.39 is 17.9 Å². The number of fused-ring (bicyclic) bond motifs is 1. The first-order chi connectivity index (χ1) is 22.3. The molecule has 0 atom stereocenters. The van der Waals surface area contributed by atoms with Gasteiger partial charge in [0, 0.05) is 46.6 Å². The lowest BCUT2D eigenvalue weighted by molar-refractivity contribution is -0.275. The van der Waals surface area contributed by atoms with Crippen LogP contribution in [0.4, 0.5) is 13.2 Å². The van der Waals surface area contributed by atoms with E-state index in [0.717, 1.165) is 10.9 Å². The molecule has 3 aromatic carbocycles. The largest absolute Gasteiger partial charge is 0.573 e. The summed E-state index contributed by atoms with van der Waals surface area (Å²) in [6.07, 6.45) is -1.98. The van der Waals surface area contributed by atoms with E-state index >= 15 is 0 Å². The Morgan fingerprint density at radius 2 is 1.81 bits per heavy atom. The van der Waals surface area contributed by atoms with Crippen molar-refractivity contribution < 1.29 is 42.0 Å². The number of carbonyl (C=O) groups is 1. The minimum absolute atomic E-state index is 0.169. The minimum Gasteiger partial charge on any atom is -0.492 e. The lowest BCUT2D eigenvalue weighted by atomic mass is 9.87. The summed E-state index contributed by atoms with van der Waals surface area (Å²) >= 11 is 0. The molecular weight excluding hydrogens is 613 g/mol. The van der Waals surface area contributed by atoms with Crippen LogP contribution in [-0.4, -0.2) is 39.6 Å². The van der Waals surface area contributed by atoms with E-state index in [4.69, 9.17) is 24.2 Å². The highest BCUT2D eigenvalue weighted by Gasteiger charge is 2.32. The maximum atomic E-state index is 13.0. The number of benzene rings is 3. The highest BCUT2D eigenvalue weighted by Crippen LogP contribution is 2.48. The Morgan fingerprint density at radius 1 is 1.02 bits per heavy atom. The smallest absolute Gasteiger partial charge is 0.492 e. The highest BCUT2D eigenvalue weighted by atomic mass is 19.4. The third-order valence-electron chi connectivity index (χ3n) is 8.35. The number of hydrogen-bond acceptors (Lipinski definition) is 7. The number of aryl methyl sites for hydroxylation is 1. The SMILES string of the molecule is CCC(C)(C)Oc1cc2c3c(ccnc3c1-c1c(CC(=O)O)c(C)cc3nc(OCc4ccccc4OC(F)(F)F)ccc13)CCO2. The van der Waals surface area contributed by atoms with Crippen molar-refractivity contribution in [3.63, 3.8) is 0 Å². The zero-order valence-corrected chi connectivity index (χ0v) is 26.3. The topological polar surface area (TPSA) is 100 Å². The molecule has 11 heteroatoms. The summed E-state index contributed by atoms with van der Waals surface area (Å²) in [5, 5.41) is 11.5. The average Bonchev–Trinajstić information content (AvgIpc) is 3.01. The normalized spacial score (nSPS) is 13.0. The molecule has 0 spiro atoms. The number of hydrogen-bond donors (Lipinski definition) is 1. The Balaban J connectivity index is 1.54. The van der Waals surface area contributed by atoms with Crippen molar-refractivity contribution in [2.24, 2.45) is 0 Å². The number of carboxylic acid groups (broad SMARTS) is 1. The van der Waals surface area contributed by atoms with Crippen LogP contribution < -0.4 is 18.9 Å². The second kappa shape index (κ2) is 12.3. The third-order valence-corrected chi connectivity index (χ3v) is 8.35. The number of aliphatic carboxylic acids is 1. The van der Waals surface area contributed by atoms with Crippen molar-refractivity contribution in [1.29, 1.82) is 0 Å². The van der Waals surface area contributed by atoms with E-state index in [-0.39, 0.29) is 30.2 Å². The molecule has 0 unspecified atom stereocenters. The van der Waals surface area contributed by atoms with Gasteiger partial charge in [-0.2, -0.15) is 0 Å². The maximum Gasteiger partial charge on any atom is 0.573 e. The maximum absolute atomic E-state index is 13.0. The molecule has 0 saturated carbocycles. The summed E-state index contributed by atoms with van der Waals surface area (Å²) in [4.78, 5) is 21.7. The fourth-order valence-corrected chi connectivity index (χ4v) is 5.80. The molecule has 1 aliphatic heterocycles. The number of pyridine rings is 2. The molecule has 0 aliphatic carbocycles. The molecule has 1 aliphatic rings. The van der Waals surface area contributed by atoms with E-state index in [9.17, 15) is 23.1 Å². The van der Waals surface area contributed by atoms with Crippen LogP contribution in [0.2, 0.25) is 0 Å². The van der Waals surface area contributed by atoms with Crippen molar-refractivity contribution >= 4 is 27.8 Å². The Kier molecular flexibility index (Phi) is 8.33. The van der Waals surface area contributed by atoms with Crippen LogP contribution in [0.3, 0.4) is 0 Å². The molecule has 0 saturated heterocycles. The first-order valence-electron chi connectivity index (χ1n) is 15.2. The predicted molar refractivity (Wildman–Crippen MR) is 170 cm³/mol. The predicted octanol–water partition coefficient (Wildman–Crippen LogP) is 8.37. The minimum atomic E-state index is -4.85. The molecule has 244 valence electrons. The van der Waals surface area contributed by atoms with Crippen molar-refractivity contribution in [3.05, 3.63) is 83.0 Å². The third kappa shape index (κ3) is 6.61. The molecule has 0 bridgehead atoms. The van der Waals surface area contributed by atoms with Gasteiger partial charge < -0.3 is 24.1 Å². The number of halogens is 3. The van der Waals surface area contributed by atoms with Crippen LogP contribution in [-0.2, 0) is 24.2 Å². The van der Waals surface area contributed by atoms with Gasteiger partial charge in [-0.1, -0.05) is 25.1 Å². The molecule has 1 N–H and O–H groups in total. The number of para-hydroxylation sites is 1. The summed E-state index contributed by atoms with van der Waals surface area (Å²) in [5.74, 6) is -0.0372. The standard InChI is InChI=1S/C36H33F3N2O6/c1-5-35(3,4)46-28-18-27-31-21(13-15-44-27)12-14-40-34(31)33(28)32-23-10-11-29(41-25(23)16-20(2)24(32)17-30(42)43)45-19-22-8-6-7-9-26(22)47-36(37,38)39/h6-12,14,16,18H,5,13,15,17,19H2,1-4H3,(H,42,43). The van der Waals surface area contributed by atoms with E-state index in [2.05, 4.69) is 4.74 Å². The quantitative estimate of drug-likeness (QED) is 0.162. The highest BCUT2D eigenvalue weighted by molar-refractivity contribution is 6.10. The monoisotopic (exact) mass is 646 g/mol. The second-order valence-electron chi connectivity index (χ2n) is 12.0. The number of alkyl halides is 3. The summed E-state index contributed by atoms with van der Waals surface area (Å²) in [6, 6.07) is 14.7. The molecule has 0 fully saturated rings. The lowest BCUT2D eigenvalue weighted by Crippen LogP contribution is -2.27. The van der Waals surface area contributed by atoms with Crippen LogP contribution in [0.5, 0.6) is 23.1 Å². The molecule has 0 amide bonds. The fourth-order valence-electron chi connectivity index (χ4n) is 5.80. The number of nitrogens with zero attached hydrogens (tertiary/aromatic N) is 2. The molecule has 5 aromatic rings. The van der Waals surface area contributed by atoms with Crippen molar-refractivity contribution in [1.82, 2.24) is 9.97 Å². The van der Waals surface area contributed by atoms with Gasteiger partial charge in [0.25, 0.3) is 0 Å². The van der Waals surface area contributed by atoms with Crippen molar-refractivity contribution in [2.45, 2.75) is 65.5 Å². The zero-order valence-electron chi connectivity index (χ0n) is 26.3. The van der Waals surface area contributed by atoms with Gasteiger partial charge in [-0.05, 0) is 68.1 Å².